The molecule has 70 valence electrons. The van der Waals surface area contributed by atoms with Crippen molar-refractivity contribution in [3.8, 4) is 0 Å². The van der Waals surface area contributed by atoms with Crippen molar-refractivity contribution < 1.29 is 4.79 Å². The predicted octanol–water partition coefficient (Wildman–Crippen LogP) is -0.421. The molecule has 1 aliphatic heterocycles. The number of nitrogens with one attached hydrogen (secondary N) is 2. The molecule has 0 saturated carbocycles. The molecule has 12 heavy (non-hydrogen) atoms. The fraction of sp³-hybridized carbons (Fsp3) is 0.875. The van der Waals surface area contributed by atoms with Crippen molar-refractivity contribution in [2.45, 2.75) is 12.8 Å². The van der Waals surface area contributed by atoms with Gasteiger partial charge in [0.2, 0.25) is 5.91 Å². The monoisotopic (exact) mass is 171 g/mol. The van der Waals surface area contributed by atoms with Crippen LogP contribution in [0.25, 0.3) is 0 Å². The van der Waals surface area contributed by atoms with Crippen molar-refractivity contribution in [3.63, 3.8) is 0 Å². The average molecular weight is 171 g/mol. The summed E-state index contributed by atoms with van der Waals surface area (Å²) in [5, 5.41) is 4.92. The highest BCUT2D eigenvalue weighted by molar-refractivity contribution is 5.75. The first kappa shape index (κ1) is 9.48. The zero-order chi connectivity index (χ0) is 8.97. The Bertz CT molecular complexity index is 152. The van der Waals surface area contributed by atoms with E-state index in [9.17, 15) is 4.79 Å². The van der Waals surface area contributed by atoms with Crippen LogP contribution in [0.15, 0.2) is 0 Å². The third-order valence-corrected chi connectivity index (χ3v) is 1.98. The van der Waals surface area contributed by atoms with Crippen molar-refractivity contribution in [3.05, 3.63) is 0 Å². The second-order valence-electron chi connectivity index (χ2n) is 3.49. The van der Waals surface area contributed by atoms with E-state index in [1.807, 2.05) is 14.1 Å². The summed E-state index contributed by atoms with van der Waals surface area (Å²) in [6.07, 6.45) is 1.77. The second-order valence-corrected chi connectivity index (χ2v) is 3.49. The average Bonchev–Trinajstić information content (AvgIpc) is 2.37. The lowest BCUT2D eigenvalue weighted by molar-refractivity contribution is -0.125. The summed E-state index contributed by atoms with van der Waals surface area (Å²) < 4.78 is 0. The topological polar surface area (TPSA) is 44.4 Å². The number of hydrogen-bond donors (Lipinski definition) is 2. The molecule has 1 heterocycles. The van der Waals surface area contributed by atoms with Gasteiger partial charge in [-0.05, 0) is 25.4 Å². The first-order chi connectivity index (χ1) is 5.68. The van der Waals surface area contributed by atoms with Crippen LogP contribution in [0, 0.1) is 5.92 Å². The number of carbonyl (C=O) groups is 1. The van der Waals surface area contributed by atoms with Gasteiger partial charge < -0.3 is 5.32 Å². The highest BCUT2D eigenvalue weighted by Crippen LogP contribution is 2.11. The van der Waals surface area contributed by atoms with Crippen LogP contribution in [0.1, 0.15) is 12.8 Å². The molecule has 4 nitrogen and oxygen atoms in total. The lowest BCUT2D eigenvalue weighted by Gasteiger charge is -2.13. The molecule has 1 atom stereocenters. The van der Waals surface area contributed by atoms with Crippen LogP contribution < -0.4 is 10.7 Å². The fourth-order valence-electron chi connectivity index (χ4n) is 1.45. The molecule has 0 aromatic heterocycles. The quantitative estimate of drug-likeness (QED) is 0.567. The van der Waals surface area contributed by atoms with Crippen LogP contribution in [0.2, 0.25) is 0 Å². The van der Waals surface area contributed by atoms with Gasteiger partial charge in [-0.1, -0.05) is 0 Å². The smallest absolute Gasteiger partial charge is 0.234 e. The molecular weight excluding hydrogens is 154 g/mol. The van der Waals surface area contributed by atoms with Gasteiger partial charge in [0.25, 0.3) is 0 Å². The normalized spacial score (nSPS) is 23.1. The zero-order valence-electron chi connectivity index (χ0n) is 7.76. The van der Waals surface area contributed by atoms with E-state index in [1.165, 1.54) is 0 Å². The number of amides is 1. The highest BCUT2D eigenvalue weighted by atomic mass is 16.2. The van der Waals surface area contributed by atoms with E-state index in [4.69, 9.17) is 0 Å². The molecule has 1 amide bonds. The van der Waals surface area contributed by atoms with Crippen molar-refractivity contribution in [2.24, 2.45) is 5.92 Å². The molecule has 1 unspecified atom stereocenters. The summed E-state index contributed by atoms with van der Waals surface area (Å²) in [6.45, 7) is 2.04. The van der Waals surface area contributed by atoms with Crippen LogP contribution in [0.5, 0.6) is 0 Å². The Hall–Kier alpha value is -0.610. The van der Waals surface area contributed by atoms with Gasteiger partial charge in [0.15, 0.2) is 0 Å². The molecule has 1 fully saturated rings. The third kappa shape index (κ3) is 3.19. The first-order valence-electron chi connectivity index (χ1n) is 4.36. The van der Waals surface area contributed by atoms with Gasteiger partial charge in [0.05, 0.1) is 0 Å². The van der Waals surface area contributed by atoms with Gasteiger partial charge in [-0.2, -0.15) is 0 Å². The zero-order valence-corrected chi connectivity index (χ0v) is 7.76. The summed E-state index contributed by atoms with van der Waals surface area (Å²) in [6, 6.07) is 0. The van der Waals surface area contributed by atoms with Crippen molar-refractivity contribution in [2.75, 3.05) is 27.2 Å². The van der Waals surface area contributed by atoms with E-state index in [2.05, 4.69) is 10.7 Å². The SMILES string of the molecule is CN(C)NC(=O)CC1CCNC1. The lowest BCUT2D eigenvalue weighted by atomic mass is 10.1. The Morgan fingerprint density at radius 3 is 2.92 bits per heavy atom. The molecule has 2 N–H and O–H groups in total. The highest BCUT2D eigenvalue weighted by Gasteiger charge is 2.17. The minimum Gasteiger partial charge on any atom is -0.316 e. The summed E-state index contributed by atoms with van der Waals surface area (Å²) in [5.74, 6) is 0.652. The third-order valence-electron chi connectivity index (χ3n) is 1.98. The van der Waals surface area contributed by atoms with Crippen LogP contribution in [-0.2, 0) is 4.79 Å². The number of hydrazine groups is 1. The molecule has 0 spiro atoms. The molecular formula is C8H17N3O. The Morgan fingerprint density at radius 1 is 1.67 bits per heavy atom. The summed E-state index contributed by atoms with van der Waals surface area (Å²) in [4.78, 5) is 11.2. The Labute approximate surface area is 73.3 Å². The number of carbonyl (C=O) groups excluding carboxylic acids is 1. The van der Waals surface area contributed by atoms with Crippen molar-refractivity contribution in [1.82, 2.24) is 15.8 Å². The predicted molar refractivity (Wildman–Crippen MR) is 47.4 cm³/mol. The van der Waals surface area contributed by atoms with Crippen molar-refractivity contribution in [1.29, 1.82) is 0 Å². The Morgan fingerprint density at radius 2 is 2.42 bits per heavy atom. The van der Waals surface area contributed by atoms with E-state index < -0.39 is 0 Å². The van der Waals surface area contributed by atoms with Gasteiger partial charge in [-0.3, -0.25) is 10.2 Å². The molecule has 4 heteroatoms. The number of hydrogen-bond acceptors (Lipinski definition) is 3. The van der Waals surface area contributed by atoms with Crippen LogP contribution in [0.4, 0.5) is 0 Å². The van der Waals surface area contributed by atoms with E-state index >= 15 is 0 Å². The molecule has 0 bridgehead atoms. The maximum absolute atomic E-state index is 11.2. The number of rotatable bonds is 3. The standard InChI is InChI=1S/C8H17N3O/c1-11(2)10-8(12)5-7-3-4-9-6-7/h7,9H,3-6H2,1-2H3,(H,10,12). The van der Waals surface area contributed by atoms with Crippen molar-refractivity contribution >= 4 is 5.91 Å². The maximum atomic E-state index is 11.2. The Kier molecular flexibility index (Phi) is 3.49. The van der Waals surface area contributed by atoms with E-state index in [0.717, 1.165) is 19.5 Å². The molecule has 1 saturated heterocycles. The largest absolute Gasteiger partial charge is 0.316 e. The molecule has 1 rings (SSSR count). The van der Waals surface area contributed by atoms with Gasteiger partial charge >= 0.3 is 0 Å². The molecule has 0 aromatic carbocycles. The van der Waals surface area contributed by atoms with E-state index in [1.54, 1.807) is 5.01 Å². The van der Waals surface area contributed by atoms with Gasteiger partial charge in [-0.15, -0.1) is 0 Å². The van der Waals surface area contributed by atoms with E-state index in [0.29, 0.717) is 12.3 Å². The minimum atomic E-state index is 0.119. The van der Waals surface area contributed by atoms with Crippen LogP contribution >= 0.6 is 0 Å². The Balaban J connectivity index is 2.16. The molecule has 0 aromatic rings. The van der Waals surface area contributed by atoms with E-state index in [-0.39, 0.29) is 5.91 Å². The second kappa shape index (κ2) is 4.42. The van der Waals surface area contributed by atoms with Gasteiger partial charge in [-0.25, -0.2) is 5.01 Å². The summed E-state index contributed by atoms with van der Waals surface area (Å²) in [7, 11) is 3.65. The lowest BCUT2D eigenvalue weighted by Crippen LogP contribution is -2.37. The van der Waals surface area contributed by atoms with Gasteiger partial charge in [0, 0.05) is 20.5 Å². The molecule has 0 radical (unpaired) electrons. The van der Waals surface area contributed by atoms with Crippen LogP contribution in [0.3, 0.4) is 0 Å². The maximum Gasteiger partial charge on any atom is 0.234 e. The molecule has 0 aliphatic carbocycles. The van der Waals surface area contributed by atoms with Crippen LogP contribution in [-0.4, -0.2) is 38.1 Å². The molecule has 1 aliphatic rings. The number of nitrogens with zero attached hydrogens (tertiary/aromatic N) is 1. The minimum absolute atomic E-state index is 0.119. The van der Waals surface area contributed by atoms with Gasteiger partial charge in [0.1, 0.15) is 0 Å². The first-order valence-corrected chi connectivity index (χ1v) is 4.36. The summed E-state index contributed by atoms with van der Waals surface area (Å²) in [5.41, 5.74) is 2.74. The summed E-state index contributed by atoms with van der Waals surface area (Å²) >= 11 is 0. The fourth-order valence-corrected chi connectivity index (χ4v) is 1.45.